The molecule has 0 bridgehead atoms. The minimum atomic E-state index is -0.384. The number of rotatable bonds is 11. The van der Waals surface area contributed by atoms with Gasteiger partial charge in [0, 0.05) is 25.8 Å². The van der Waals surface area contributed by atoms with Gasteiger partial charge in [-0.3, -0.25) is 9.59 Å². The highest BCUT2D eigenvalue weighted by Gasteiger charge is 2.09. The van der Waals surface area contributed by atoms with Crippen LogP contribution in [-0.2, 0) is 4.79 Å². The first-order valence-electron chi connectivity index (χ1n) is 10.7. The van der Waals surface area contributed by atoms with Gasteiger partial charge in [0.05, 0.1) is 6.42 Å². The Hall–Kier alpha value is -3.18. The van der Waals surface area contributed by atoms with Crippen LogP contribution in [0.4, 0.5) is 0 Å². The van der Waals surface area contributed by atoms with Gasteiger partial charge in [-0.15, -0.1) is 0 Å². The summed E-state index contributed by atoms with van der Waals surface area (Å²) in [5.74, 6) is -0.297. The van der Waals surface area contributed by atoms with Crippen molar-refractivity contribution in [3.63, 3.8) is 0 Å². The van der Waals surface area contributed by atoms with Gasteiger partial charge in [-0.25, -0.2) is 4.98 Å². The van der Waals surface area contributed by atoms with Gasteiger partial charge in [-0.2, -0.15) is 5.26 Å². The van der Waals surface area contributed by atoms with Gasteiger partial charge >= 0.3 is 0 Å². The molecule has 1 aromatic heterocycles. The highest BCUT2D eigenvalue weighted by molar-refractivity contribution is 5.90. The van der Waals surface area contributed by atoms with E-state index in [0.717, 1.165) is 31.4 Å². The molecule has 166 valence electrons. The molecule has 0 fully saturated rings. The number of amides is 2. The summed E-state index contributed by atoms with van der Waals surface area (Å²) in [5, 5.41) is 14.5. The second-order valence-electron chi connectivity index (χ2n) is 7.78. The number of nitriles is 1. The van der Waals surface area contributed by atoms with Crippen LogP contribution >= 0.6 is 0 Å². The lowest BCUT2D eigenvalue weighted by molar-refractivity contribution is -0.120. The number of aromatic nitrogens is 2. The molecule has 0 spiro atoms. The third-order valence-corrected chi connectivity index (χ3v) is 4.88. The maximum atomic E-state index is 12.3. The van der Waals surface area contributed by atoms with Crippen LogP contribution in [0.2, 0.25) is 0 Å². The summed E-state index contributed by atoms with van der Waals surface area (Å²) in [7, 11) is 3.94. The zero-order valence-corrected chi connectivity index (χ0v) is 18.4. The Morgan fingerprint density at radius 2 is 2.16 bits per heavy atom. The van der Waals surface area contributed by atoms with E-state index in [0.29, 0.717) is 19.5 Å². The van der Waals surface area contributed by atoms with E-state index >= 15 is 0 Å². The van der Waals surface area contributed by atoms with Crippen LogP contribution in [0.1, 0.15) is 54.8 Å². The maximum absolute atomic E-state index is 12.3. The van der Waals surface area contributed by atoms with Gasteiger partial charge in [-0.1, -0.05) is 29.9 Å². The fraction of sp³-hybridized carbons (Fsp3) is 0.478. The van der Waals surface area contributed by atoms with Crippen molar-refractivity contribution in [3.05, 3.63) is 53.2 Å². The van der Waals surface area contributed by atoms with Crippen LogP contribution in [0.25, 0.3) is 0 Å². The summed E-state index contributed by atoms with van der Waals surface area (Å²) in [4.78, 5) is 33.0. The van der Waals surface area contributed by atoms with Crippen LogP contribution in [-0.4, -0.2) is 60.4 Å². The van der Waals surface area contributed by atoms with Gasteiger partial charge in [0.2, 0.25) is 5.91 Å². The van der Waals surface area contributed by atoms with Crippen molar-refractivity contribution < 1.29 is 9.59 Å². The first-order valence-corrected chi connectivity index (χ1v) is 10.7. The number of H-pyrrole nitrogens is 1. The first-order chi connectivity index (χ1) is 15.0. The number of hydrogen-bond acceptors (Lipinski definition) is 5. The zero-order valence-electron chi connectivity index (χ0n) is 18.4. The number of aromatic amines is 1. The number of likely N-dealkylation sites (N-methyl/N-ethyl adjacent to an activating group) is 1. The third-order valence-electron chi connectivity index (χ3n) is 4.88. The van der Waals surface area contributed by atoms with Crippen LogP contribution in [0.5, 0.6) is 0 Å². The molecule has 0 unspecified atom stereocenters. The Balaban J connectivity index is 1.91. The van der Waals surface area contributed by atoms with E-state index in [1.54, 1.807) is 0 Å². The number of hydrogen-bond donors (Lipinski definition) is 3. The van der Waals surface area contributed by atoms with Gasteiger partial charge < -0.3 is 20.5 Å². The molecule has 3 N–H and O–H groups in total. The SMILES string of the molecule is CN(C)CCNC(=O)CC(/C=C\CNC(=O)c1nc(C#N)c[nH]1)=C/CC1=CCCCC1. The molecule has 1 heterocycles. The van der Waals surface area contributed by atoms with Crippen molar-refractivity contribution in [2.75, 3.05) is 33.7 Å². The molecule has 0 radical (unpaired) electrons. The molecule has 0 saturated carbocycles. The maximum Gasteiger partial charge on any atom is 0.287 e. The Bertz CT molecular complexity index is 873. The molecule has 31 heavy (non-hydrogen) atoms. The molecule has 8 nitrogen and oxygen atoms in total. The quantitative estimate of drug-likeness (QED) is 0.373. The first kappa shape index (κ1) is 24.1. The third kappa shape index (κ3) is 9.45. The average Bonchev–Trinajstić information content (AvgIpc) is 3.24. The molecule has 1 aromatic rings. The van der Waals surface area contributed by atoms with Gasteiger partial charge in [0.25, 0.3) is 5.91 Å². The fourth-order valence-electron chi connectivity index (χ4n) is 3.16. The smallest absolute Gasteiger partial charge is 0.287 e. The standard InChI is InChI=1S/C23H32N6O2/c1-29(2)14-13-25-21(30)15-19(11-10-18-7-4-3-5-8-18)9-6-12-26-23(31)22-27-17-20(16-24)28-22/h6-7,9,11,17H,3-5,8,10,12-15H2,1-2H3,(H,25,30)(H,26,31)(H,27,28)/b9-6-,19-11+. The van der Waals surface area contributed by atoms with Crippen molar-refractivity contribution in [3.8, 4) is 6.07 Å². The predicted molar refractivity (Wildman–Crippen MR) is 120 cm³/mol. The lowest BCUT2D eigenvalue weighted by Gasteiger charge is -2.12. The second-order valence-corrected chi connectivity index (χ2v) is 7.78. The van der Waals surface area contributed by atoms with Crippen LogP contribution in [0.3, 0.4) is 0 Å². The number of nitrogens with one attached hydrogen (secondary N) is 3. The van der Waals surface area contributed by atoms with E-state index in [1.807, 2.05) is 37.2 Å². The largest absolute Gasteiger partial charge is 0.355 e. The van der Waals surface area contributed by atoms with Crippen molar-refractivity contribution >= 4 is 11.8 Å². The highest BCUT2D eigenvalue weighted by atomic mass is 16.2. The van der Waals surface area contributed by atoms with E-state index in [4.69, 9.17) is 5.26 Å². The van der Waals surface area contributed by atoms with E-state index in [1.165, 1.54) is 24.6 Å². The topological polar surface area (TPSA) is 114 Å². The summed E-state index contributed by atoms with van der Waals surface area (Å²) in [6.45, 7) is 1.70. The number of imidazole rings is 1. The Kier molecular flexibility index (Phi) is 10.3. The van der Waals surface area contributed by atoms with Crippen LogP contribution in [0, 0.1) is 11.3 Å². The molecule has 0 aliphatic heterocycles. The molecule has 2 amide bonds. The molecule has 0 aromatic carbocycles. The molecule has 8 heteroatoms. The minimum Gasteiger partial charge on any atom is -0.355 e. The average molecular weight is 425 g/mol. The molecule has 1 aliphatic rings. The molecular weight excluding hydrogens is 392 g/mol. The van der Waals surface area contributed by atoms with E-state index < -0.39 is 0 Å². The molecule has 1 aliphatic carbocycles. The van der Waals surface area contributed by atoms with Crippen molar-refractivity contribution in [1.82, 2.24) is 25.5 Å². The lowest BCUT2D eigenvalue weighted by Crippen LogP contribution is -2.31. The van der Waals surface area contributed by atoms with E-state index in [9.17, 15) is 9.59 Å². The molecule has 0 saturated heterocycles. The highest BCUT2D eigenvalue weighted by Crippen LogP contribution is 2.21. The zero-order chi connectivity index (χ0) is 22.5. The monoisotopic (exact) mass is 424 g/mol. The summed E-state index contributed by atoms with van der Waals surface area (Å²) >= 11 is 0. The summed E-state index contributed by atoms with van der Waals surface area (Å²) in [5.41, 5.74) is 2.51. The number of carbonyl (C=O) groups is 2. The minimum absolute atomic E-state index is 0.0148. The Morgan fingerprint density at radius 3 is 2.84 bits per heavy atom. The van der Waals surface area contributed by atoms with Crippen LogP contribution < -0.4 is 10.6 Å². The van der Waals surface area contributed by atoms with Gasteiger partial charge in [0.1, 0.15) is 6.07 Å². The normalized spacial score (nSPS) is 14.4. The fourth-order valence-corrected chi connectivity index (χ4v) is 3.16. The van der Waals surface area contributed by atoms with E-state index in [2.05, 4.69) is 32.8 Å². The van der Waals surface area contributed by atoms with Gasteiger partial charge in [-0.05, 0) is 51.8 Å². The Morgan fingerprint density at radius 1 is 1.32 bits per heavy atom. The number of allylic oxidation sites excluding steroid dienone is 4. The number of nitrogens with zero attached hydrogens (tertiary/aromatic N) is 3. The molecular formula is C23H32N6O2. The van der Waals surface area contributed by atoms with Crippen molar-refractivity contribution in [1.29, 1.82) is 5.26 Å². The van der Waals surface area contributed by atoms with Crippen LogP contribution in [0.15, 0.2) is 41.6 Å². The molecule has 0 atom stereocenters. The van der Waals surface area contributed by atoms with Crippen molar-refractivity contribution in [2.24, 2.45) is 0 Å². The second kappa shape index (κ2) is 13.2. The van der Waals surface area contributed by atoms with Crippen molar-refractivity contribution in [2.45, 2.75) is 38.5 Å². The summed E-state index contributed by atoms with van der Waals surface area (Å²) in [6.07, 6.45) is 15.4. The summed E-state index contributed by atoms with van der Waals surface area (Å²) < 4.78 is 0. The summed E-state index contributed by atoms with van der Waals surface area (Å²) in [6, 6.07) is 1.88. The number of carbonyl (C=O) groups excluding carboxylic acids is 2. The predicted octanol–water partition coefficient (Wildman–Crippen LogP) is 2.45. The van der Waals surface area contributed by atoms with Gasteiger partial charge in [0.15, 0.2) is 11.5 Å². The Labute approximate surface area is 184 Å². The van der Waals surface area contributed by atoms with E-state index in [-0.39, 0.29) is 23.3 Å². The lowest BCUT2D eigenvalue weighted by atomic mass is 9.96. The molecule has 2 rings (SSSR count).